The number of hydrogen-bond donors (Lipinski definition) is 0. The highest BCUT2D eigenvalue weighted by molar-refractivity contribution is 7.78. The number of halogens is 1. The van der Waals surface area contributed by atoms with Gasteiger partial charge in [-0.25, -0.2) is 4.39 Å². The van der Waals surface area contributed by atoms with E-state index in [0.29, 0.717) is 0 Å². The van der Waals surface area contributed by atoms with Gasteiger partial charge < -0.3 is 4.55 Å². The average Bonchev–Trinajstić information content (AvgIpc) is 3.20. The summed E-state index contributed by atoms with van der Waals surface area (Å²) in [6.07, 6.45) is 6.88. The maximum Gasteiger partial charge on any atom is 0.123 e. The molecule has 0 saturated heterocycles. The summed E-state index contributed by atoms with van der Waals surface area (Å²) in [5.74, 6) is -0.205. The first-order chi connectivity index (χ1) is 11.5. The van der Waals surface area contributed by atoms with E-state index < -0.39 is 11.1 Å². The molecule has 0 amide bonds. The highest BCUT2D eigenvalue weighted by Crippen LogP contribution is 2.57. The van der Waals surface area contributed by atoms with Crippen molar-refractivity contribution in [1.82, 2.24) is 0 Å². The lowest BCUT2D eigenvalue weighted by Crippen LogP contribution is -1.94. The summed E-state index contributed by atoms with van der Waals surface area (Å²) in [5.41, 5.74) is 5.29. The van der Waals surface area contributed by atoms with Crippen LogP contribution in [0, 0.1) is 11.2 Å². The number of hydrogen-bond acceptors (Lipinski definition) is 2. The first-order valence-corrected chi connectivity index (χ1v) is 9.16. The standard InChI is InChI=1S/C20H17FO2S/c21-17-7-5-16(6-8-17)19-12-20(9-10-20)11-18(19)15-3-1-14(2-4-15)13-24(22)23/h1-8,11-12H,9-10,13H2,(H,22,23)/p-1. The number of rotatable bonds is 4. The van der Waals surface area contributed by atoms with Crippen LogP contribution >= 0.6 is 0 Å². The van der Waals surface area contributed by atoms with Gasteiger partial charge in [0.1, 0.15) is 5.82 Å². The molecule has 122 valence electrons. The minimum absolute atomic E-state index is 0.0317. The van der Waals surface area contributed by atoms with Crippen LogP contribution in [0.5, 0.6) is 0 Å². The molecule has 4 heteroatoms. The lowest BCUT2D eigenvalue weighted by molar-refractivity contribution is 0.536. The maximum absolute atomic E-state index is 13.2. The Hall–Kier alpha value is -2.04. The molecule has 1 unspecified atom stereocenters. The molecule has 0 aromatic heterocycles. The van der Waals surface area contributed by atoms with Crippen LogP contribution in [0.1, 0.15) is 29.5 Å². The lowest BCUT2D eigenvalue weighted by atomic mass is 9.94. The fourth-order valence-electron chi connectivity index (χ4n) is 3.23. The molecule has 1 saturated carbocycles. The Morgan fingerprint density at radius 3 is 1.88 bits per heavy atom. The van der Waals surface area contributed by atoms with Crippen LogP contribution in [0.15, 0.2) is 60.7 Å². The normalized spacial score (nSPS) is 19.1. The summed E-state index contributed by atoms with van der Waals surface area (Å²) >= 11 is -2.08. The predicted molar refractivity (Wildman–Crippen MR) is 93.1 cm³/mol. The van der Waals surface area contributed by atoms with E-state index >= 15 is 0 Å². The molecule has 2 aromatic carbocycles. The van der Waals surface area contributed by atoms with Crippen molar-refractivity contribution in [1.29, 1.82) is 0 Å². The van der Waals surface area contributed by atoms with Crippen LogP contribution in [0.2, 0.25) is 0 Å². The molecule has 0 heterocycles. The van der Waals surface area contributed by atoms with Crippen LogP contribution in [0.4, 0.5) is 4.39 Å². The Bertz CT molecular complexity index is 860. The quantitative estimate of drug-likeness (QED) is 0.771. The average molecular weight is 339 g/mol. The van der Waals surface area contributed by atoms with Crippen molar-refractivity contribution in [2.75, 3.05) is 0 Å². The second-order valence-electron chi connectivity index (χ2n) is 6.50. The van der Waals surface area contributed by atoms with E-state index in [0.717, 1.165) is 40.7 Å². The molecule has 1 spiro atoms. The minimum Gasteiger partial charge on any atom is -0.772 e. The fourth-order valence-corrected chi connectivity index (χ4v) is 3.69. The van der Waals surface area contributed by atoms with Crippen LogP contribution in [-0.2, 0) is 16.8 Å². The van der Waals surface area contributed by atoms with Crippen LogP contribution in [-0.4, -0.2) is 8.76 Å². The van der Waals surface area contributed by atoms with Gasteiger partial charge in [-0.2, -0.15) is 0 Å². The molecule has 0 aliphatic heterocycles. The van der Waals surface area contributed by atoms with E-state index in [2.05, 4.69) is 12.2 Å². The van der Waals surface area contributed by atoms with E-state index in [1.807, 2.05) is 36.4 Å². The molecule has 0 radical (unpaired) electrons. The molecule has 2 aromatic rings. The van der Waals surface area contributed by atoms with Gasteiger partial charge in [-0.3, -0.25) is 4.21 Å². The first-order valence-electron chi connectivity index (χ1n) is 7.92. The van der Waals surface area contributed by atoms with Gasteiger partial charge in [0.05, 0.1) is 0 Å². The van der Waals surface area contributed by atoms with Gasteiger partial charge in [0, 0.05) is 11.2 Å². The number of allylic oxidation sites excluding steroid dienone is 4. The second kappa shape index (κ2) is 5.80. The van der Waals surface area contributed by atoms with E-state index in [1.165, 1.54) is 12.1 Å². The van der Waals surface area contributed by atoms with E-state index in [1.54, 1.807) is 0 Å². The third-order valence-corrected chi connectivity index (χ3v) is 5.25. The zero-order valence-corrected chi connectivity index (χ0v) is 13.8. The van der Waals surface area contributed by atoms with E-state index in [4.69, 9.17) is 0 Å². The van der Waals surface area contributed by atoms with Crippen molar-refractivity contribution < 1.29 is 13.2 Å². The molecule has 2 aliphatic carbocycles. The molecule has 0 N–H and O–H groups in total. The monoisotopic (exact) mass is 339 g/mol. The van der Waals surface area contributed by atoms with Crippen LogP contribution in [0.3, 0.4) is 0 Å². The van der Waals surface area contributed by atoms with Crippen LogP contribution in [0.25, 0.3) is 11.1 Å². The molecule has 0 bridgehead atoms. The Balaban J connectivity index is 1.69. The molecule has 4 rings (SSSR count). The van der Waals surface area contributed by atoms with Crippen molar-refractivity contribution >= 4 is 22.2 Å². The van der Waals surface area contributed by atoms with Crippen molar-refractivity contribution in [3.63, 3.8) is 0 Å². The van der Waals surface area contributed by atoms with Crippen LogP contribution < -0.4 is 0 Å². The molecular formula is C20H16FO2S-. The lowest BCUT2D eigenvalue weighted by Gasteiger charge is -2.11. The smallest absolute Gasteiger partial charge is 0.123 e. The molecule has 1 fully saturated rings. The van der Waals surface area contributed by atoms with Gasteiger partial charge in [0.2, 0.25) is 0 Å². The van der Waals surface area contributed by atoms with Gasteiger partial charge in [0.25, 0.3) is 0 Å². The topological polar surface area (TPSA) is 40.1 Å². The minimum atomic E-state index is -2.08. The molecule has 1 atom stereocenters. The summed E-state index contributed by atoms with van der Waals surface area (Å²) in [4.78, 5) is 0. The van der Waals surface area contributed by atoms with E-state index in [9.17, 15) is 13.2 Å². The van der Waals surface area contributed by atoms with Gasteiger partial charge >= 0.3 is 0 Å². The Kier molecular flexibility index (Phi) is 3.74. The maximum atomic E-state index is 13.2. The van der Waals surface area contributed by atoms with Crippen molar-refractivity contribution in [2.45, 2.75) is 18.6 Å². The van der Waals surface area contributed by atoms with Gasteiger partial charge in [-0.15, -0.1) is 0 Å². The highest BCUT2D eigenvalue weighted by Gasteiger charge is 2.43. The van der Waals surface area contributed by atoms with Gasteiger partial charge in [-0.1, -0.05) is 59.6 Å². The molecule has 2 aliphatic rings. The Labute approximate surface area is 143 Å². The molecular weight excluding hydrogens is 323 g/mol. The van der Waals surface area contributed by atoms with Gasteiger partial charge in [-0.05, 0) is 52.8 Å². The predicted octanol–water partition coefficient (Wildman–Crippen LogP) is 4.47. The second-order valence-corrected chi connectivity index (χ2v) is 7.40. The van der Waals surface area contributed by atoms with Crippen molar-refractivity contribution in [3.05, 3.63) is 83.2 Å². The Morgan fingerprint density at radius 1 is 0.917 bits per heavy atom. The summed E-state index contributed by atoms with van der Waals surface area (Å²) < 4.78 is 34.9. The molecule has 24 heavy (non-hydrogen) atoms. The third-order valence-electron chi connectivity index (χ3n) is 4.69. The molecule has 2 nitrogen and oxygen atoms in total. The first kappa shape index (κ1) is 15.5. The SMILES string of the molecule is O=S([O-])Cc1ccc(C2=CC3(C=C2c2ccc(F)cc2)CC3)cc1. The summed E-state index contributed by atoms with van der Waals surface area (Å²) in [6, 6.07) is 14.2. The summed E-state index contributed by atoms with van der Waals surface area (Å²) in [5, 5.41) is 0. The third kappa shape index (κ3) is 2.99. The van der Waals surface area contributed by atoms with E-state index in [-0.39, 0.29) is 17.0 Å². The van der Waals surface area contributed by atoms with Gasteiger partial charge in [0.15, 0.2) is 0 Å². The Morgan fingerprint density at radius 2 is 1.42 bits per heavy atom. The summed E-state index contributed by atoms with van der Waals surface area (Å²) in [6.45, 7) is 0. The summed E-state index contributed by atoms with van der Waals surface area (Å²) in [7, 11) is 0. The zero-order chi connectivity index (χ0) is 16.7. The zero-order valence-electron chi connectivity index (χ0n) is 13.0. The van der Waals surface area contributed by atoms with Crippen molar-refractivity contribution in [2.24, 2.45) is 5.41 Å². The number of benzene rings is 2. The fraction of sp³-hybridized carbons (Fsp3) is 0.200. The van der Waals surface area contributed by atoms with Crippen molar-refractivity contribution in [3.8, 4) is 0 Å². The highest BCUT2D eigenvalue weighted by atomic mass is 32.2. The largest absolute Gasteiger partial charge is 0.772 e.